The van der Waals surface area contributed by atoms with Crippen molar-refractivity contribution in [2.24, 2.45) is 23.7 Å². The summed E-state index contributed by atoms with van der Waals surface area (Å²) in [6.07, 6.45) is 5.66. The molecule has 0 unspecified atom stereocenters. The standard InChI is InChI=1S/C39H63N5O7/c1-9-10-11-13-16-26(6)20-27(7)32-22-33(45)40-23-34(46)44-35(25(4)5)38(49)42-30(19-24(2)3)37(48)41-28(8)36(47)43-31(39(50)51-32)21-29-17-14-12-15-18-29/h12,14-15,17-18,24-28,30-32,35H,9-11,13,16,19-23H2,1-8H3,(H,40,45)(H,41,48)(H,42,49)(H,43,47)(H,44,46)/t26-,27-,28-,30+,31-,32-,35-/m0/s1. The normalized spacial score (nSPS) is 24.5. The first-order valence-electron chi connectivity index (χ1n) is 18.8. The smallest absolute Gasteiger partial charge is 0.329 e. The van der Waals surface area contributed by atoms with Gasteiger partial charge in [-0.2, -0.15) is 0 Å². The number of nitrogens with one attached hydrogen (secondary N) is 5. The number of hydrogen-bond donors (Lipinski definition) is 5. The Morgan fingerprint density at radius 2 is 1.43 bits per heavy atom. The number of rotatable bonds is 13. The molecule has 0 aromatic heterocycles. The number of hydrogen-bond acceptors (Lipinski definition) is 7. The summed E-state index contributed by atoms with van der Waals surface area (Å²) in [5.41, 5.74) is 0.781. The third kappa shape index (κ3) is 15.9. The topological polar surface area (TPSA) is 172 Å². The number of unbranched alkanes of at least 4 members (excludes halogenated alkanes) is 3. The molecule has 0 aliphatic carbocycles. The molecular formula is C39H63N5O7. The average molecular weight is 714 g/mol. The second-order valence-electron chi connectivity index (χ2n) is 15.1. The van der Waals surface area contributed by atoms with Gasteiger partial charge in [0.1, 0.15) is 30.3 Å². The molecule has 1 heterocycles. The van der Waals surface area contributed by atoms with E-state index in [2.05, 4.69) is 40.4 Å². The van der Waals surface area contributed by atoms with Crippen LogP contribution < -0.4 is 26.6 Å². The van der Waals surface area contributed by atoms with Crippen LogP contribution in [0.1, 0.15) is 112 Å². The molecule has 1 aliphatic heterocycles. The summed E-state index contributed by atoms with van der Waals surface area (Å²) in [5, 5.41) is 13.5. The van der Waals surface area contributed by atoms with Crippen LogP contribution in [0.25, 0.3) is 0 Å². The van der Waals surface area contributed by atoms with Gasteiger partial charge < -0.3 is 31.3 Å². The Morgan fingerprint density at radius 1 is 0.765 bits per heavy atom. The first-order chi connectivity index (χ1) is 24.1. The molecule has 2 rings (SSSR count). The maximum absolute atomic E-state index is 13.9. The van der Waals surface area contributed by atoms with Crippen LogP contribution in [-0.4, -0.2) is 72.3 Å². The molecule has 1 aliphatic rings. The van der Waals surface area contributed by atoms with Crippen LogP contribution in [-0.2, 0) is 39.9 Å². The minimum Gasteiger partial charge on any atom is -0.460 e. The van der Waals surface area contributed by atoms with Crippen LogP contribution in [0.15, 0.2) is 30.3 Å². The van der Waals surface area contributed by atoms with Gasteiger partial charge in [-0.3, -0.25) is 24.0 Å². The lowest BCUT2D eigenvalue weighted by molar-refractivity contribution is -0.157. The maximum Gasteiger partial charge on any atom is 0.329 e. The highest BCUT2D eigenvalue weighted by atomic mass is 16.5. The minimum atomic E-state index is -1.12. The second kappa shape index (κ2) is 22.1. The van der Waals surface area contributed by atoms with Crippen molar-refractivity contribution < 1.29 is 33.5 Å². The number of esters is 1. The van der Waals surface area contributed by atoms with Gasteiger partial charge in [-0.15, -0.1) is 0 Å². The molecule has 12 heteroatoms. The van der Waals surface area contributed by atoms with E-state index in [0.717, 1.165) is 31.2 Å². The Morgan fingerprint density at radius 3 is 2.06 bits per heavy atom. The highest BCUT2D eigenvalue weighted by Crippen LogP contribution is 2.25. The van der Waals surface area contributed by atoms with E-state index in [1.165, 1.54) is 13.3 Å². The lowest BCUT2D eigenvalue weighted by Crippen LogP contribution is -2.58. The number of ether oxygens (including phenoxy) is 1. The fourth-order valence-electron chi connectivity index (χ4n) is 6.29. The van der Waals surface area contributed by atoms with E-state index in [0.29, 0.717) is 12.3 Å². The molecule has 1 saturated heterocycles. The lowest BCUT2D eigenvalue weighted by Gasteiger charge is -2.29. The van der Waals surface area contributed by atoms with Gasteiger partial charge in [0.15, 0.2) is 0 Å². The van der Waals surface area contributed by atoms with Crippen molar-refractivity contribution in [1.29, 1.82) is 0 Å². The van der Waals surface area contributed by atoms with Crippen molar-refractivity contribution >= 4 is 35.5 Å². The SMILES string of the molecule is CCCCCC[C@H](C)C[C@H](C)[C@@H]1CC(=O)NCC(=O)N[C@@H](C(C)C)C(=O)N[C@H](CC(C)C)C(=O)N[C@@H](C)C(=O)N[C@@H](Cc2ccccc2)C(=O)O1. The fourth-order valence-corrected chi connectivity index (χ4v) is 6.29. The Balaban J connectivity index is 2.46. The zero-order chi connectivity index (χ0) is 38.1. The van der Waals surface area contributed by atoms with E-state index in [4.69, 9.17) is 4.74 Å². The van der Waals surface area contributed by atoms with E-state index < -0.39 is 72.3 Å². The highest BCUT2D eigenvalue weighted by molar-refractivity contribution is 5.95. The first-order valence-corrected chi connectivity index (χ1v) is 18.8. The molecule has 51 heavy (non-hydrogen) atoms. The molecule has 12 nitrogen and oxygen atoms in total. The van der Waals surface area contributed by atoms with Crippen molar-refractivity contribution in [1.82, 2.24) is 26.6 Å². The van der Waals surface area contributed by atoms with E-state index in [1.807, 2.05) is 51.1 Å². The third-order valence-corrected chi connectivity index (χ3v) is 9.30. The van der Waals surface area contributed by atoms with Gasteiger partial charge in [-0.05, 0) is 49.0 Å². The molecule has 0 saturated carbocycles. The zero-order valence-electron chi connectivity index (χ0n) is 32.0. The van der Waals surface area contributed by atoms with Gasteiger partial charge in [0, 0.05) is 6.42 Å². The van der Waals surface area contributed by atoms with Crippen molar-refractivity contribution in [3.63, 3.8) is 0 Å². The molecular weight excluding hydrogens is 650 g/mol. The molecule has 5 N–H and O–H groups in total. The van der Waals surface area contributed by atoms with Gasteiger partial charge in [0.05, 0.1) is 13.0 Å². The predicted molar refractivity (Wildman–Crippen MR) is 197 cm³/mol. The van der Waals surface area contributed by atoms with Crippen LogP contribution in [0.5, 0.6) is 0 Å². The Hall–Kier alpha value is -3.96. The Kier molecular flexibility index (Phi) is 18.7. The molecule has 5 amide bonds. The van der Waals surface area contributed by atoms with Gasteiger partial charge >= 0.3 is 5.97 Å². The fraction of sp³-hybridized carbons (Fsp3) is 0.692. The molecule has 286 valence electrons. The average Bonchev–Trinajstić information content (AvgIpc) is 3.06. The summed E-state index contributed by atoms with van der Waals surface area (Å²) in [6.45, 7) is 14.7. The van der Waals surface area contributed by atoms with E-state index >= 15 is 0 Å². The summed E-state index contributed by atoms with van der Waals surface area (Å²) in [4.78, 5) is 80.6. The maximum atomic E-state index is 13.9. The molecule has 0 spiro atoms. The largest absolute Gasteiger partial charge is 0.460 e. The minimum absolute atomic E-state index is 0.0125. The summed E-state index contributed by atoms with van der Waals surface area (Å²) in [7, 11) is 0. The number of cyclic esters (lactones) is 1. The number of carbonyl (C=O) groups excluding carboxylic acids is 6. The summed E-state index contributed by atoms with van der Waals surface area (Å²) in [5.74, 6) is -3.70. The zero-order valence-corrected chi connectivity index (χ0v) is 32.0. The van der Waals surface area contributed by atoms with Gasteiger partial charge in [0.2, 0.25) is 29.5 Å². The van der Waals surface area contributed by atoms with Crippen LogP contribution in [0, 0.1) is 23.7 Å². The molecule has 1 fully saturated rings. The van der Waals surface area contributed by atoms with Crippen molar-refractivity contribution in [3.8, 4) is 0 Å². The van der Waals surface area contributed by atoms with E-state index in [9.17, 15) is 28.8 Å². The van der Waals surface area contributed by atoms with E-state index in [1.54, 1.807) is 13.8 Å². The monoisotopic (exact) mass is 713 g/mol. The van der Waals surface area contributed by atoms with Gasteiger partial charge in [0.25, 0.3) is 0 Å². The molecule has 0 bridgehead atoms. The summed E-state index contributed by atoms with van der Waals surface area (Å²) < 4.78 is 6.07. The Bertz CT molecular complexity index is 1290. The van der Waals surface area contributed by atoms with Crippen molar-refractivity contribution in [3.05, 3.63) is 35.9 Å². The van der Waals surface area contributed by atoms with Crippen LogP contribution in [0.3, 0.4) is 0 Å². The number of benzene rings is 1. The molecule has 1 aromatic carbocycles. The summed E-state index contributed by atoms with van der Waals surface area (Å²) in [6, 6.07) is 5.02. The number of amides is 5. The highest BCUT2D eigenvalue weighted by Gasteiger charge is 2.34. The third-order valence-electron chi connectivity index (χ3n) is 9.30. The van der Waals surface area contributed by atoms with Crippen LogP contribution in [0.4, 0.5) is 0 Å². The molecule has 1 aromatic rings. The lowest BCUT2D eigenvalue weighted by atomic mass is 9.88. The first kappa shape index (κ1) is 43.2. The summed E-state index contributed by atoms with van der Waals surface area (Å²) >= 11 is 0. The van der Waals surface area contributed by atoms with Gasteiger partial charge in [-0.25, -0.2) is 4.79 Å². The quantitative estimate of drug-likeness (QED) is 0.152. The second-order valence-corrected chi connectivity index (χ2v) is 15.1. The van der Waals surface area contributed by atoms with E-state index in [-0.39, 0.29) is 37.0 Å². The van der Waals surface area contributed by atoms with Crippen molar-refractivity contribution in [2.45, 2.75) is 143 Å². The number of carbonyl (C=O) groups is 6. The predicted octanol–water partition coefficient (Wildman–Crippen LogP) is 3.95. The van der Waals surface area contributed by atoms with Crippen LogP contribution >= 0.6 is 0 Å². The molecule has 7 atom stereocenters. The van der Waals surface area contributed by atoms with Crippen LogP contribution in [0.2, 0.25) is 0 Å². The van der Waals surface area contributed by atoms with Crippen molar-refractivity contribution in [2.75, 3.05) is 6.54 Å². The molecule has 0 radical (unpaired) electrons. The van der Waals surface area contributed by atoms with Gasteiger partial charge in [-0.1, -0.05) is 111 Å². The Labute approximate surface area is 304 Å².